The van der Waals surface area contributed by atoms with Crippen LogP contribution in [0.25, 0.3) is 0 Å². The van der Waals surface area contributed by atoms with Crippen LogP contribution < -0.4 is 14.4 Å². The van der Waals surface area contributed by atoms with Crippen molar-refractivity contribution in [2.45, 2.75) is 17.4 Å². The Balaban J connectivity index is 1.67. The monoisotopic (exact) mass is 465 g/mol. The standard InChI is InChI=1S/C20H27N5O4S2/c1-29-16-3-5-17(6-4-16)31(27,28)23-18(7-14-30-2)20(26)25-12-10-24(11-13-25)19-15-21-8-9-22-19/h3-6,8-9,15,18,23H,7,10-14H2,1-2H3/t18-/m0/s1. The van der Waals surface area contributed by atoms with Crippen LogP contribution in [0.15, 0.2) is 47.8 Å². The highest BCUT2D eigenvalue weighted by Crippen LogP contribution is 2.18. The average Bonchev–Trinajstić information content (AvgIpc) is 2.82. The van der Waals surface area contributed by atoms with Crippen LogP contribution in [0.5, 0.6) is 5.75 Å². The summed E-state index contributed by atoms with van der Waals surface area (Å²) in [7, 11) is -2.33. The van der Waals surface area contributed by atoms with Crippen molar-refractivity contribution in [3.8, 4) is 5.75 Å². The van der Waals surface area contributed by atoms with Gasteiger partial charge in [0.2, 0.25) is 15.9 Å². The Morgan fingerprint density at radius 1 is 1.19 bits per heavy atom. The zero-order chi connectivity index (χ0) is 22.3. The topological polar surface area (TPSA) is 105 Å². The maximum Gasteiger partial charge on any atom is 0.241 e. The number of nitrogens with one attached hydrogen (secondary N) is 1. The summed E-state index contributed by atoms with van der Waals surface area (Å²) in [5.74, 6) is 1.80. The van der Waals surface area contributed by atoms with Crippen LogP contribution in [0.3, 0.4) is 0 Å². The van der Waals surface area contributed by atoms with Crippen LogP contribution in [-0.2, 0) is 14.8 Å². The van der Waals surface area contributed by atoms with E-state index in [0.717, 1.165) is 5.82 Å². The second-order valence-corrected chi connectivity index (χ2v) is 9.71. The highest BCUT2D eigenvalue weighted by Gasteiger charge is 2.31. The molecule has 1 fully saturated rings. The Kier molecular flexibility index (Phi) is 8.10. The van der Waals surface area contributed by atoms with Gasteiger partial charge in [-0.2, -0.15) is 16.5 Å². The Morgan fingerprint density at radius 2 is 1.90 bits per heavy atom. The van der Waals surface area contributed by atoms with E-state index in [2.05, 4.69) is 19.6 Å². The fourth-order valence-electron chi connectivity index (χ4n) is 3.31. The van der Waals surface area contributed by atoms with E-state index in [1.807, 2.05) is 6.26 Å². The molecule has 0 spiro atoms. The number of carbonyl (C=O) groups excluding carboxylic acids is 1. The lowest BCUT2D eigenvalue weighted by molar-refractivity contribution is -0.133. The van der Waals surface area contributed by atoms with Gasteiger partial charge in [0, 0.05) is 38.6 Å². The summed E-state index contributed by atoms with van der Waals surface area (Å²) >= 11 is 1.57. The number of hydrogen-bond acceptors (Lipinski definition) is 8. The minimum Gasteiger partial charge on any atom is -0.497 e. The van der Waals surface area contributed by atoms with Crippen molar-refractivity contribution in [1.29, 1.82) is 0 Å². The van der Waals surface area contributed by atoms with Crippen molar-refractivity contribution in [2.75, 3.05) is 50.2 Å². The molecule has 2 aromatic rings. The van der Waals surface area contributed by atoms with E-state index in [-0.39, 0.29) is 10.8 Å². The first-order chi connectivity index (χ1) is 14.9. The van der Waals surface area contributed by atoms with Gasteiger partial charge in [-0.05, 0) is 42.7 Å². The highest BCUT2D eigenvalue weighted by molar-refractivity contribution is 7.98. The van der Waals surface area contributed by atoms with Gasteiger partial charge in [0.25, 0.3) is 0 Å². The van der Waals surface area contributed by atoms with Gasteiger partial charge in [0.15, 0.2) is 0 Å². The third-order valence-electron chi connectivity index (χ3n) is 5.04. The molecule has 1 amide bonds. The molecule has 1 aromatic heterocycles. The van der Waals surface area contributed by atoms with Crippen LogP contribution >= 0.6 is 11.8 Å². The number of rotatable bonds is 9. The number of nitrogens with zero attached hydrogens (tertiary/aromatic N) is 4. The van der Waals surface area contributed by atoms with E-state index in [4.69, 9.17) is 4.74 Å². The Bertz CT molecular complexity index is 949. The molecule has 0 bridgehead atoms. The summed E-state index contributed by atoms with van der Waals surface area (Å²) in [6.07, 6.45) is 7.30. The number of anilines is 1. The van der Waals surface area contributed by atoms with Gasteiger partial charge in [-0.25, -0.2) is 13.4 Å². The summed E-state index contributed by atoms with van der Waals surface area (Å²) in [6.45, 7) is 2.22. The van der Waals surface area contributed by atoms with Gasteiger partial charge in [-0.1, -0.05) is 0 Å². The van der Waals surface area contributed by atoms with Crippen molar-refractivity contribution in [1.82, 2.24) is 19.6 Å². The number of thioether (sulfide) groups is 1. The summed E-state index contributed by atoms with van der Waals surface area (Å²) in [5.41, 5.74) is 0. The van der Waals surface area contributed by atoms with Crippen molar-refractivity contribution < 1.29 is 17.9 Å². The number of carbonyl (C=O) groups is 1. The molecule has 1 aliphatic heterocycles. The second kappa shape index (κ2) is 10.8. The number of piperazine rings is 1. The molecule has 2 heterocycles. The largest absolute Gasteiger partial charge is 0.497 e. The van der Waals surface area contributed by atoms with E-state index in [9.17, 15) is 13.2 Å². The van der Waals surface area contributed by atoms with E-state index in [1.54, 1.807) is 47.4 Å². The summed E-state index contributed by atoms with van der Waals surface area (Å²) in [4.78, 5) is 25.4. The number of aromatic nitrogens is 2. The van der Waals surface area contributed by atoms with Crippen LogP contribution in [0.4, 0.5) is 5.82 Å². The molecule has 3 rings (SSSR count). The minimum absolute atomic E-state index is 0.0997. The molecule has 0 unspecified atom stereocenters. The van der Waals surface area contributed by atoms with Crippen molar-refractivity contribution in [3.05, 3.63) is 42.9 Å². The molecule has 1 saturated heterocycles. The first kappa shape index (κ1) is 23.3. The van der Waals surface area contributed by atoms with Crippen LogP contribution in [-0.4, -0.2) is 80.5 Å². The first-order valence-electron chi connectivity index (χ1n) is 9.89. The zero-order valence-electron chi connectivity index (χ0n) is 17.6. The molecule has 0 saturated carbocycles. The summed E-state index contributed by atoms with van der Waals surface area (Å²) in [6, 6.07) is 5.29. The van der Waals surface area contributed by atoms with Crippen molar-refractivity contribution in [3.63, 3.8) is 0 Å². The van der Waals surface area contributed by atoms with Gasteiger partial charge in [0.1, 0.15) is 17.6 Å². The Morgan fingerprint density at radius 3 is 2.48 bits per heavy atom. The van der Waals surface area contributed by atoms with Crippen molar-refractivity contribution in [2.24, 2.45) is 0 Å². The van der Waals surface area contributed by atoms with E-state index in [0.29, 0.717) is 44.1 Å². The molecule has 168 valence electrons. The quantitative estimate of drug-likeness (QED) is 0.590. The maximum atomic E-state index is 13.2. The third kappa shape index (κ3) is 6.08. The first-order valence-corrected chi connectivity index (χ1v) is 12.8. The molecule has 31 heavy (non-hydrogen) atoms. The molecule has 1 atom stereocenters. The molecule has 1 aromatic carbocycles. The number of ether oxygens (including phenoxy) is 1. The number of benzene rings is 1. The molecule has 1 aliphatic rings. The van der Waals surface area contributed by atoms with Crippen LogP contribution in [0.2, 0.25) is 0 Å². The maximum absolute atomic E-state index is 13.2. The minimum atomic E-state index is -3.84. The molecular weight excluding hydrogens is 438 g/mol. The number of methoxy groups -OCH3 is 1. The van der Waals surface area contributed by atoms with Gasteiger partial charge in [-0.15, -0.1) is 0 Å². The molecule has 9 nitrogen and oxygen atoms in total. The molecule has 11 heteroatoms. The zero-order valence-corrected chi connectivity index (χ0v) is 19.2. The summed E-state index contributed by atoms with van der Waals surface area (Å²) < 4.78 is 33.4. The SMILES string of the molecule is COc1ccc(S(=O)(=O)N[C@@H](CCSC)C(=O)N2CCN(c3cnccn3)CC2)cc1. The second-order valence-electron chi connectivity index (χ2n) is 7.01. The fourth-order valence-corrected chi connectivity index (χ4v) is 5.00. The molecular formula is C20H27N5O4S2. The lowest BCUT2D eigenvalue weighted by Crippen LogP contribution is -2.55. The molecule has 0 radical (unpaired) electrons. The third-order valence-corrected chi connectivity index (χ3v) is 7.17. The number of amides is 1. The predicted octanol–water partition coefficient (Wildman–Crippen LogP) is 1.23. The van der Waals surface area contributed by atoms with Crippen LogP contribution in [0.1, 0.15) is 6.42 Å². The van der Waals surface area contributed by atoms with Crippen molar-refractivity contribution >= 4 is 33.5 Å². The van der Waals surface area contributed by atoms with Gasteiger partial charge >= 0.3 is 0 Å². The number of hydrogen-bond donors (Lipinski definition) is 1. The van der Waals surface area contributed by atoms with Gasteiger partial charge in [0.05, 0.1) is 18.2 Å². The normalized spacial score (nSPS) is 15.5. The van der Waals surface area contributed by atoms with E-state index in [1.165, 1.54) is 19.2 Å². The molecule has 0 aliphatic carbocycles. The van der Waals surface area contributed by atoms with Crippen LogP contribution in [0, 0.1) is 0 Å². The smallest absolute Gasteiger partial charge is 0.241 e. The fraction of sp³-hybridized carbons (Fsp3) is 0.450. The predicted molar refractivity (Wildman–Crippen MR) is 121 cm³/mol. The molecule has 1 N–H and O–H groups in total. The Labute approximate surface area is 187 Å². The number of sulfonamides is 1. The van der Waals surface area contributed by atoms with E-state index < -0.39 is 16.1 Å². The van der Waals surface area contributed by atoms with E-state index >= 15 is 0 Å². The lowest BCUT2D eigenvalue weighted by Gasteiger charge is -2.36. The summed E-state index contributed by atoms with van der Waals surface area (Å²) in [5, 5.41) is 0. The Hall–Kier alpha value is -2.37. The highest BCUT2D eigenvalue weighted by atomic mass is 32.2. The van der Waals surface area contributed by atoms with Gasteiger partial charge < -0.3 is 14.5 Å². The average molecular weight is 466 g/mol. The van der Waals surface area contributed by atoms with Gasteiger partial charge in [-0.3, -0.25) is 9.78 Å². The lowest BCUT2D eigenvalue weighted by atomic mass is 10.2.